The molecule has 5 nitrogen and oxygen atoms in total. The summed E-state index contributed by atoms with van der Waals surface area (Å²) in [5, 5.41) is 23.7. The van der Waals surface area contributed by atoms with Crippen LogP contribution in [0.25, 0.3) is 0 Å². The van der Waals surface area contributed by atoms with Crippen molar-refractivity contribution in [2.45, 2.75) is 13.0 Å². The highest BCUT2D eigenvalue weighted by Crippen LogP contribution is 2.18. The van der Waals surface area contributed by atoms with E-state index >= 15 is 0 Å². The zero-order valence-electron chi connectivity index (χ0n) is 11.1. The van der Waals surface area contributed by atoms with Gasteiger partial charge in [0.05, 0.1) is 11.0 Å². The summed E-state index contributed by atoms with van der Waals surface area (Å²) in [4.78, 5) is 10.1. The summed E-state index contributed by atoms with van der Waals surface area (Å²) in [6.07, 6.45) is -0.712. The van der Waals surface area contributed by atoms with E-state index in [1.165, 1.54) is 12.1 Å². The summed E-state index contributed by atoms with van der Waals surface area (Å²) < 4.78 is 0. The molecule has 0 saturated heterocycles. The zero-order chi connectivity index (χ0) is 14.5. The second-order valence-electron chi connectivity index (χ2n) is 4.61. The number of rotatable bonds is 5. The van der Waals surface area contributed by atoms with E-state index in [4.69, 9.17) is 0 Å². The molecular weight excluding hydrogens is 256 g/mol. The SMILES string of the molecule is Cc1cccc(NCC(O)c2ccc([N+](=O)[O-])cc2)c1. The minimum atomic E-state index is -0.712. The summed E-state index contributed by atoms with van der Waals surface area (Å²) in [7, 11) is 0. The molecular formula is C15H16N2O3. The Hall–Kier alpha value is -2.40. The van der Waals surface area contributed by atoms with E-state index in [9.17, 15) is 15.2 Å². The van der Waals surface area contributed by atoms with Gasteiger partial charge in [0.2, 0.25) is 0 Å². The number of nitrogens with one attached hydrogen (secondary N) is 1. The Kier molecular flexibility index (Phi) is 4.32. The van der Waals surface area contributed by atoms with E-state index < -0.39 is 11.0 Å². The average molecular weight is 272 g/mol. The topological polar surface area (TPSA) is 75.4 Å². The summed E-state index contributed by atoms with van der Waals surface area (Å²) >= 11 is 0. The van der Waals surface area contributed by atoms with Crippen LogP contribution in [0.1, 0.15) is 17.2 Å². The standard InChI is InChI=1S/C15H16N2O3/c1-11-3-2-4-13(9-11)16-10-15(18)12-5-7-14(8-6-12)17(19)20/h2-9,15-16,18H,10H2,1H3. The smallest absolute Gasteiger partial charge is 0.269 e. The lowest BCUT2D eigenvalue weighted by Gasteiger charge is -2.13. The van der Waals surface area contributed by atoms with Gasteiger partial charge in [-0.25, -0.2) is 0 Å². The lowest BCUT2D eigenvalue weighted by molar-refractivity contribution is -0.384. The van der Waals surface area contributed by atoms with Crippen molar-refractivity contribution in [3.8, 4) is 0 Å². The number of nitrogens with zero attached hydrogens (tertiary/aromatic N) is 1. The molecule has 1 atom stereocenters. The summed E-state index contributed by atoms with van der Waals surface area (Å²) in [5.74, 6) is 0. The number of anilines is 1. The van der Waals surface area contributed by atoms with Gasteiger partial charge in [0.25, 0.3) is 5.69 Å². The second kappa shape index (κ2) is 6.16. The van der Waals surface area contributed by atoms with Crippen LogP contribution in [-0.2, 0) is 0 Å². The molecule has 5 heteroatoms. The molecule has 20 heavy (non-hydrogen) atoms. The molecule has 2 rings (SSSR count). The molecule has 0 heterocycles. The number of hydrogen-bond acceptors (Lipinski definition) is 4. The van der Waals surface area contributed by atoms with E-state index in [-0.39, 0.29) is 5.69 Å². The molecule has 0 aliphatic carbocycles. The van der Waals surface area contributed by atoms with Crippen LogP contribution in [0.15, 0.2) is 48.5 Å². The fourth-order valence-corrected chi connectivity index (χ4v) is 1.91. The number of aliphatic hydroxyl groups excluding tert-OH is 1. The maximum absolute atomic E-state index is 10.6. The molecule has 0 aliphatic rings. The number of aryl methyl sites for hydroxylation is 1. The van der Waals surface area contributed by atoms with Crippen molar-refractivity contribution in [3.05, 3.63) is 69.8 Å². The Morgan fingerprint density at radius 3 is 2.55 bits per heavy atom. The lowest BCUT2D eigenvalue weighted by Crippen LogP contribution is -2.12. The van der Waals surface area contributed by atoms with Crippen molar-refractivity contribution in [2.24, 2.45) is 0 Å². The molecule has 104 valence electrons. The largest absolute Gasteiger partial charge is 0.387 e. The van der Waals surface area contributed by atoms with Gasteiger partial charge in [0.1, 0.15) is 0 Å². The molecule has 0 spiro atoms. The molecule has 0 amide bonds. The van der Waals surface area contributed by atoms with Crippen molar-refractivity contribution in [2.75, 3.05) is 11.9 Å². The first-order valence-electron chi connectivity index (χ1n) is 6.29. The van der Waals surface area contributed by atoms with Gasteiger partial charge >= 0.3 is 0 Å². The van der Waals surface area contributed by atoms with Crippen molar-refractivity contribution in [3.63, 3.8) is 0 Å². The minimum absolute atomic E-state index is 0.0209. The van der Waals surface area contributed by atoms with Gasteiger partial charge in [0.15, 0.2) is 0 Å². The molecule has 2 N–H and O–H groups in total. The predicted molar refractivity (Wildman–Crippen MR) is 77.7 cm³/mol. The third-order valence-electron chi connectivity index (χ3n) is 3.01. The molecule has 0 radical (unpaired) electrons. The molecule has 0 bridgehead atoms. The summed E-state index contributed by atoms with van der Waals surface area (Å²) in [5.41, 5.74) is 2.74. The molecule has 0 saturated carbocycles. The fraction of sp³-hybridized carbons (Fsp3) is 0.200. The fourth-order valence-electron chi connectivity index (χ4n) is 1.91. The van der Waals surface area contributed by atoms with Gasteiger partial charge in [0, 0.05) is 24.4 Å². The highest BCUT2D eigenvalue weighted by Gasteiger charge is 2.10. The van der Waals surface area contributed by atoms with E-state index in [1.54, 1.807) is 12.1 Å². The first-order valence-corrected chi connectivity index (χ1v) is 6.29. The third-order valence-corrected chi connectivity index (χ3v) is 3.01. The predicted octanol–water partition coefficient (Wildman–Crippen LogP) is 3.05. The van der Waals surface area contributed by atoms with Crippen molar-refractivity contribution < 1.29 is 10.0 Å². The average Bonchev–Trinajstić information content (AvgIpc) is 2.45. The van der Waals surface area contributed by atoms with Gasteiger partial charge in [-0.05, 0) is 42.3 Å². The van der Waals surface area contributed by atoms with Crippen LogP contribution < -0.4 is 5.32 Å². The molecule has 1 unspecified atom stereocenters. The Balaban J connectivity index is 1.97. The molecule has 2 aromatic rings. The van der Waals surface area contributed by atoms with Crippen LogP contribution in [0, 0.1) is 17.0 Å². The van der Waals surface area contributed by atoms with Crippen LogP contribution in [0.3, 0.4) is 0 Å². The highest BCUT2D eigenvalue weighted by atomic mass is 16.6. The monoisotopic (exact) mass is 272 g/mol. The maximum atomic E-state index is 10.6. The molecule has 0 aromatic heterocycles. The number of nitro groups is 1. The van der Waals surface area contributed by atoms with Gasteiger partial charge in [-0.1, -0.05) is 12.1 Å². The van der Waals surface area contributed by atoms with Crippen LogP contribution in [0.2, 0.25) is 0 Å². The third kappa shape index (κ3) is 3.55. The van der Waals surface area contributed by atoms with Crippen molar-refractivity contribution >= 4 is 11.4 Å². The first kappa shape index (κ1) is 14.0. The zero-order valence-corrected chi connectivity index (χ0v) is 11.1. The van der Waals surface area contributed by atoms with Crippen LogP contribution in [0.5, 0.6) is 0 Å². The van der Waals surface area contributed by atoms with Gasteiger partial charge in [-0.3, -0.25) is 10.1 Å². The quantitative estimate of drug-likeness (QED) is 0.648. The van der Waals surface area contributed by atoms with Gasteiger partial charge < -0.3 is 10.4 Å². The Labute approximate surface area is 117 Å². The number of non-ortho nitro benzene ring substituents is 1. The summed E-state index contributed by atoms with van der Waals surface area (Å²) in [6.45, 7) is 2.35. The highest BCUT2D eigenvalue weighted by molar-refractivity contribution is 5.45. The normalized spacial score (nSPS) is 11.9. The van der Waals surface area contributed by atoms with E-state index in [0.717, 1.165) is 11.3 Å². The number of hydrogen-bond donors (Lipinski definition) is 2. The van der Waals surface area contributed by atoms with Crippen LogP contribution in [-0.4, -0.2) is 16.6 Å². The Bertz CT molecular complexity index is 596. The van der Waals surface area contributed by atoms with Crippen molar-refractivity contribution in [1.82, 2.24) is 0 Å². The Morgan fingerprint density at radius 2 is 1.95 bits per heavy atom. The molecule has 0 aliphatic heterocycles. The Morgan fingerprint density at radius 1 is 1.25 bits per heavy atom. The maximum Gasteiger partial charge on any atom is 0.269 e. The van der Waals surface area contributed by atoms with Gasteiger partial charge in [-0.2, -0.15) is 0 Å². The molecule has 0 fully saturated rings. The molecule has 2 aromatic carbocycles. The first-order chi connectivity index (χ1) is 9.56. The summed E-state index contributed by atoms with van der Waals surface area (Å²) in [6, 6.07) is 13.8. The lowest BCUT2D eigenvalue weighted by atomic mass is 10.1. The van der Waals surface area contributed by atoms with E-state index in [2.05, 4.69) is 5.32 Å². The van der Waals surface area contributed by atoms with Gasteiger partial charge in [-0.15, -0.1) is 0 Å². The van der Waals surface area contributed by atoms with E-state index in [1.807, 2.05) is 31.2 Å². The van der Waals surface area contributed by atoms with Crippen molar-refractivity contribution in [1.29, 1.82) is 0 Å². The second-order valence-corrected chi connectivity index (χ2v) is 4.61. The number of nitro benzene ring substituents is 1. The number of aliphatic hydroxyl groups is 1. The van der Waals surface area contributed by atoms with Crippen LogP contribution in [0.4, 0.5) is 11.4 Å². The number of benzene rings is 2. The minimum Gasteiger partial charge on any atom is -0.387 e. The van der Waals surface area contributed by atoms with E-state index in [0.29, 0.717) is 12.1 Å². The van der Waals surface area contributed by atoms with Crippen LogP contribution >= 0.6 is 0 Å².